The second kappa shape index (κ2) is 8.31. The van der Waals surface area contributed by atoms with Gasteiger partial charge in [0.15, 0.2) is 0 Å². The highest BCUT2D eigenvalue weighted by Gasteiger charge is 2.35. The molecule has 1 unspecified atom stereocenters. The van der Waals surface area contributed by atoms with Crippen molar-refractivity contribution in [3.05, 3.63) is 65.7 Å². The molecule has 0 aromatic heterocycles. The Bertz CT molecular complexity index is 784. The standard InChI is InChI=1S/C20H21N3O3.ClH/c24-19(18-10-15-8-4-5-9-17(15)22-18)21-16-11-23(12-16)20(25)26-13-14-6-2-1-3-7-14;/h1-9,16,18,22H,10-13H2,(H,21,24);1H. The first-order valence-electron chi connectivity index (χ1n) is 8.79. The first-order chi connectivity index (χ1) is 12.7. The number of ether oxygens (including phenoxy) is 1. The summed E-state index contributed by atoms with van der Waals surface area (Å²) in [5, 5.41) is 6.24. The topological polar surface area (TPSA) is 70.7 Å². The van der Waals surface area contributed by atoms with E-state index in [4.69, 9.17) is 4.74 Å². The SMILES string of the molecule is Cl.O=C(NC1CN(C(=O)OCc2ccccc2)C1)C1Cc2ccccc2N1. The zero-order valence-corrected chi connectivity index (χ0v) is 15.6. The number of hydrogen-bond acceptors (Lipinski definition) is 4. The third kappa shape index (κ3) is 4.34. The Morgan fingerprint density at radius 2 is 1.78 bits per heavy atom. The number of nitrogens with zero attached hydrogens (tertiary/aromatic N) is 1. The van der Waals surface area contributed by atoms with E-state index < -0.39 is 0 Å². The van der Waals surface area contributed by atoms with E-state index in [9.17, 15) is 9.59 Å². The van der Waals surface area contributed by atoms with Crippen molar-refractivity contribution in [1.29, 1.82) is 0 Å². The Balaban J connectivity index is 0.00000210. The Morgan fingerprint density at radius 1 is 1.07 bits per heavy atom. The molecule has 27 heavy (non-hydrogen) atoms. The molecule has 1 atom stereocenters. The molecule has 0 bridgehead atoms. The van der Waals surface area contributed by atoms with Crippen molar-refractivity contribution in [2.75, 3.05) is 18.4 Å². The van der Waals surface area contributed by atoms with Crippen molar-refractivity contribution in [2.45, 2.75) is 25.1 Å². The van der Waals surface area contributed by atoms with Crippen LogP contribution < -0.4 is 10.6 Å². The van der Waals surface area contributed by atoms with Gasteiger partial charge in [0, 0.05) is 25.2 Å². The van der Waals surface area contributed by atoms with Crippen LogP contribution in [0.5, 0.6) is 0 Å². The number of halogens is 1. The third-order valence-corrected chi connectivity index (χ3v) is 4.78. The van der Waals surface area contributed by atoms with Crippen LogP contribution >= 0.6 is 12.4 Å². The van der Waals surface area contributed by atoms with Crippen LogP contribution in [-0.2, 0) is 22.6 Å². The number of rotatable bonds is 4. The number of nitrogens with one attached hydrogen (secondary N) is 2. The molecular formula is C20H22ClN3O3. The van der Waals surface area contributed by atoms with Crippen molar-refractivity contribution in [3.8, 4) is 0 Å². The molecule has 1 saturated heterocycles. The number of carbonyl (C=O) groups excluding carboxylic acids is 2. The Labute approximate surface area is 164 Å². The summed E-state index contributed by atoms with van der Waals surface area (Å²) in [6, 6.07) is 17.3. The number of para-hydroxylation sites is 1. The molecular weight excluding hydrogens is 366 g/mol. The van der Waals surface area contributed by atoms with E-state index in [0.717, 1.165) is 16.8 Å². The van der Waals surface area contributed by atoms with Gasteiger partial charge in [-0.15, -0.1) is 12.4 Å². The summed E-state index contributed by atoms with van der Waals surface area (Å²) >= 11 is 0. The summed E-state index contributed by atoms with van der Waals surface area (Å²) in [7, 11) is 0. The first-order valence-corrected chi connectivity index (χ1v) is 8.79. The molecule has 6 nitrogen and oxygen atoms in total. The van der Waals surface area contributed by atoms with Crippen LogP contribution in [0, 0.1) is 0 Å². The van der Waals surface area contributed by atoms with Crippen LogP contribution in [0.4, 0.5) is 10.5 Å². The van der Waals surface area contributed by atoms with E-state index in [1.54, 1.807) is 4.90 Å². The molecule has 0 aliphatic carbocycles. The molecule has 2 aliphatic rings. The van der Waals surface area contributed by atoms with Crippen LogP contribution in [-0.4, -0.2) is 42.1 Å². The van der Waals surface area contributed by atoms with Crippen LogP contribution in [0.25, 0.3) is 0 Å². The lowest BCUT2D eigenvalue weighted by molar-refractivity contribution is -0.123. The predicted octanol–water partition coefficient (Wildman–Crippen LogP) is 2.58. The number of hydrogen-bond donors (Lipinski definition) is 2. The van der Waals surface area contributed by atoms with Gasteiger partial charge >= 0.3 is 6.09 Å². The summed E-state index contributed by atoms with van der Waals surface area (Å²) < 4.78 is 5.29. The quantitative estimate of drug-likeness (QED) is 0.846. The van der Waals surface area contributed by atoms with Gasteiger partial charge in [-0.1, -0.05) is 48.5 Å². The van der Waals surface area contributed by atoms with Crippen molar-refractivity contribution in [3.63, 3.8) is 0 Å². The van der Waals surface area contributed by atoms with Crippen LogP contribution in [0.3, 0.4) is 0 Å². The first kappa shape index (κ1) is 19.0. The minimum atomic E-state index is -0.342. The molecule has 2 aromatic rings. The van der Waals surface area contributed by atoms with E-state index in [1.165, 1.54) is 0 Å². The maximum atomic E-state index is 12.4. The van der Waals surface area contributed by atoms with Gasteiger partial charge in [0.05, 0.1) is 6.04 Å². The highest BCUT2D eigenvalue weighted by molar-refractivity contribution is 5.88. The van der Waals surface area contributed by atoms with Gasteiger partial charge in [-0.25, -0.2) is 4.79 Å². The molecule has 142 valence electrons. The predicted molar refractivity (Wildman–Crippen MR) is 105 cm³/mol. The largest absolute Gasteiger partial charge is 0.445 e. The fourth-order valence-corrected chi connectivity index (χ4v) is 3.29. The highest BCUT2D eigenvalue weighted by atomic mass is 35.5. The van der Waals surface area contributed by atoms with Gasteiger partial charge in [0.2, 0.25) is 5.91 Å². The average Bonchev–Trinajstić information content (AvgIpc) is 3.07. The number of anilines is 1. The Kier molecular flexibility index (Phi) is 5.86. The fraction of sp³-hybridized carbons (Fsp3) is 0.300. The van der Waals surface area contributed by atoms with Crippen molar-refractivity contribution >= 4 is 30.1 Å². The third-order valence-electron chi connectivity index (χ3n) is 4.78. The minimum absolute atomic E-state index is 0. The van der Waals surface area contributed by atoms with Crippen LogP contribution in [0.15, 0.2) is 54.6 Å². The number of likely N-dealkylation sites (tertiary alicyclic amines) is 1. The van der Waals surface area contributed by atoms with Gasteiger partial charge in [-0.2, -0.15) is 0 Å². The van der Waals surface area contributed by atoms with Crippen molar-refractivity contribution < 1.29 is 14.3 Å². The molecule has 2 aliphatic heterocycles. The zero-order valence-electron chi connectivity index (χ0n) is 14.8. The number of amides is 2. The smallest absolute Gasteiger partial charge is 0.410 e. The van der Waals surface area contributed by atoms with E-state index in [0.29, 0.717) is 19.5 Å². The maximum absolute atomic E-state index is 12.4. The van der Waals surface area contributed by atoms with Crippen molar-refractivity contribution in [2.24, 2.45) is 0 Å². The van der Waals surface area contributed by atoms with E-state index in [-0.39, 0.29) is 43.1 Å². The van der Waals surface area contributed by atoms with Crippen molar-refractivity contribution in [1.82, 2.24) is 10.2 Å². The van der Waals surface area contributed by atoms with Gasteiger partial charge in [0.1, 0.15) is 12.6 Å². The summed E-state index contributed by atoms with van der Waals surface area (Å²) in [5.41, 5.74) is 3.14. The highest BCUT2D eigenvalue weighted by Crippen LogP contribution is 2.25. The molecule has 1 fully saturated rings. The van der Waals surface area contributed by atoms with Gasteiger partial charge in [-0.05, 0) is 17.2 Å². The van der Waals surface area contributed by atoms with Gasteiger partial charge in [-0.3, -0.25) is 4.79 Å². The molecule has 7 heteroatoms. The maximum Gasteiger partial charge on any atom is 0.410 e. The average molecular weight is 388 g/mol. The number of benzene rings is 2. The van der Waals surface area contributed by atoms with E-state index >= 15 is 0 Å². The van der Waals surface area contributed by atoms with E-state index in [1.807, 2.05) is 54.6 Å². The van der Waals surface area contributed by atoms with Crippen LogP contribution in [0.2, 0.25) is 0 Å². The van der Waals surface area contributed by atoms with Gasteiger partial charge in [0.25, 0.3) is 0 Å². The summed E-state index contributed by atoms with van der Waals surface area (Å²) in [4.78, 5) is 26.0. The summed E-state index contributed by atoms with van der Waals surface area (Å²) in [5.74, 6) is -0.0245. The molecule has 0 saturated carbocycles. The lowest BCUT2D eigenvalue weighted by Gasteiger charge is -2.39. The molecule has 2 N–H and O–H groups in total. The normalized spacial score (nSPS) is 17.8. The monoisotopic (exact) mass is 387 g/mol. The second-order valence-electron chi connectivity index (χ2n) is 6.71. The van der Waals surface area contributed by atoms with Crippen LogP contribution in [0.1, 0.15) is 11.1 Å². The molecule has 2 amide bonds. The Morgan fingerprint density at radius 3 is 2.52 bits per heavy atom. The lowest BCUT2D eigenvalue weighted by atomic mass is 10.1. The lowest BCUT2D eigenvalue weighted by Crippen LogP contribution is -2.62. The zero-order chi connectivity index (χ0) is 17.9. The molecule has 0 radical (unpaired) electrons. The number of carbonyl (C=O) groups is 2. The minimum Gasteiger partial charge on any atom is -0.445 e. The summed E-state index contributed by atoms with van der Waals surface area (Å²) in [6.07, 6.45) is 0.350. The number of fused-ring (bicyclic) bond motifs is 1. The Hall–Kier alpha value is -2.73. The van der Waals surface area contributed by atoms with Gasteiger partial charge < -0.3 is 20.3 Å². The molecule has 2 aromatic carbocycles. The second-order valence-corrected chi connectivity index (χ2v) is 6.71. The van der Waals surface area contributed by atoms with E-state index in [2.05, 4.69) is 10.6 Å². The summed E-state index contributed by atoms with van der Waals surface area (Å²) in [6.45, 7) is 1.23. The molecule has 2 heterocycles. The molecule has 0 spiro atoms. The molecule has 4 rings (SSSR count). The fourth-order valence-electron chi connectivity index (χ4n) is 3.29.